The van der Waals surface area contributed by atoms with Gasteiger partial charge in [-0.2, -0.15) is 0 Å². The third kappa shape index (κ3) is 2.83. The van der Waals surface area contributed by atoms with Gasteiger partial charge in [0.15, 0.2) is 0 Å². The van der Waals surface area contributed by atoms with Crippen LogP contribution in [0.3, 0.4) is 0 Å². The SMILES string of the molecule is [B]C1(C)N(C)C(C)(C)CC1(C)c1c[nH]c2cccc(CCc3ccccc3)c12. The van der Waals surface area contributed by atoms with E-state index in [1.807, 2.05) is 0 Å². The molecule has 2 unspecified atom stereocenters. The molecule has 2 heterocycles. The van der Waals surface area contributed by atoms with Crippen molar-refractivity contribution in [2.75, 3.05) is 7.05 Å². The number of aromatic amines is 1. The van der Waals surface area contributed by atoms with Gasteiger partial charge in [-0.3, -0.25) is 0 Å². The van der Waals surface area contributed by atoms with Gasteiger partial charge in [-0.15, -0.1) is 0 Å². The highest BCUT2D eigenvalue weighted by molar-refractivity contribution is 6.17. The van der Waals surface area contributed by atoms with Gasteiger partial charge in [0, 0.05) is 28.1 Å². The van der Waals surface area contributed by atoms with Crippen molar-refractivity contribution in [1.29, 1.82) is 0 Å². The number of fused-ring (bicyclic) bond motifs is 1. The molecule has 1 aliphatic rings. The number of nitrogens with zero attached hydrogens (tertiary/aromatic N) is 1. The first-order valence-electron chi connectivity index (χ1n) is 10.3. The van der Waals surface area contributed by atoms with Crippen LogP contribution in [0, 0.1) is 0 Å². The number of hydrogen-bond acceptors (Lipinski definition) is 1. The van der Waals surface area contributed by atoms with Crippen LogP contribution in [0.2, 0.25) is 0 Å². The summed E-state index contributed by atoms with van der Waals surface area (Å²) >= 11 is 0. The average Bonchev–Trinajstić information content (AvgIpc) is 3.15. The number of rotatable bonds is 4. The topological polar surface area (TPSA) is 19.0 Å². The Bertz CT molecular complexity index is 986. The molecule has 144 valence electrons. The quantitative estimate of drug-likeness (QED) is 0.625. The van der Waals surface area contributed by atoms with Crippen molar-refractivity contribution in [1.82, 2.24) is 9.88 Å². The molecular formula is C25H31BN2. The van der Waals surface area contributed by atoms with Gasteiger partial charge in [-0.05, 0) is 68.4 Å². The summed E-state index contributed by atoms with van der Waals surface area (Å²) in [5.74, 6) is 0. The zero-order valence-electron chi connectivity index (χ0n) is 17.8. The summed E-state index contributed by atoms with van der Waals surface area (Å²) in [5, 5.41) is 1.36. The second-order valence-electron chi connectivity index (χ2n) is 9.56. The molecular weight excluding hydrogens is 339 g/mol. The van der Waals surface area contributed by atoms with Gasteiger partial charge < -0.3 is 9.88 Å². The predicted octanol–water partition coefficient (Wildman–Crippen LogP) is 5.21. The second kappa shape index (κ2) is 6.52. The predicted molar refractivity (Wildman–Crippen MR) is 120 cm³/mol. The fourth-order valence-corrected chi connectivity index (χ4v) is 5.36. The number of H-pyrrole nitrogens is 1. The Morgan fingerprint density at radius 1 is 0.964 bits per heavy atom. The summed E-state index contributed by atoms with van der Waals surface area (Å²) in [6.45, 7) is 9.13. The van der Waals surface area contributed by atoms with Gasteiger partial charge in [0.1, 0.15) is 0 Å². The molecule has 1 aromatic heterocycles. The number of likely N-dealkylation sites (N-methyl/N-ethyl adjacent to an activating group) is 1. The lowest BCUT2D eigenvalue weighted by Crippen LogP contribution is -2.54. The standard InChI is InChI=1S/C25H31BN2/c1-23(2)17-24(3,25(4,26)28(23)5)20-16-27-21-13-9-12-19(22(20)21)15-14-18-10-7-6-8-11-18/h6-13,16,27H,14-15,17H2,1-5H3. The van der Waals surface area contributed by atoms with Crippen LogP contribution < -0.4 is 0 Å². The van der Waals surface area contributed by atoms with Gasteiger partial charge in [-0.1, -0.05) is 56.3 Å². The Balaban J connectivity index is 1.79. The maximum Gasteiger partial charge on any atom is 0.0965 e. The molecule has 0 spiro atoms. The molecule has 2 aromatic carbocycles. The van der Waals surface area contributed by atoms with Crippen molar-refractivity contribution in [3.63, 3.8) is 0 Å². The summed E-state index contributed by atoms with van der Waals surface area (Å²) < 4.78 is 0. The van der Waals surface area contributed by atoms with E-state index in [4.69, 9.17) is 7.85 Å². The molecule has 0 bridgehead atoms. The van der Waals surface area contributed by atoms with E-state index in [1.165, 1.54) is 27.6 Å². The molecule has 1 fully saturated rings. The lowest BCUT2D eigenvalue weighted by molar-refractivity contribution is 0.143. The van der Waals surface area contributed by atoms with E-state index in [1.54, 1.807) is 0 Å². The normalized spacial score (nSPS) is 27.5. The zero-order chi connectivity index (χ0) is 20.2. The van der Waals surface area contributed by atoms with Crippen LogP contribution in [0.25, 0.3) is 10.9 Å². The highest BCUT2D eigenvalue weighted by atomic mass is 15.3. The third-order valence-corrected chi connectivity index (χ3v) is 7.42. The van der Waals surface area contributed by atoms with E-state index >= 15 is 0 Å². The number of aryl methyl sites for hydroxylation is 2. The van der Waals surface area contributed by atoms with Crippen LogP contribution in [0.15, 0.2) is 54.7 Å². The van der Waals surface area contributed by atoms with Crippen molar-refractivity contribution in [2.24, 2.45) is 0 Å². The van der Waals surface area contributed by atoms with Gasteiger partial charge >= 0.3 is 0 Å². The molecule has 1 saturated heterocycles. The van der Waals surface area contributed by atoms with Crippen molar-refractivity contribution >= 4 is 18.7 Å². The summed E-state index contributed by atoms with van der Waals surface area (Å²) in [6, 6.07) is 17.4. The number of benzene rings is 2. The number of aromatic nitrogens is 1. The van der Waals surface area contributed by atoms with Crippen molar-refractivity contribution in [2.45, 2.75) is 63.3 Å². The monoisotopic (exact) mass is 370 g/mol. The lowest BCUT2D eigenvalue weighted by Gasteiger charge is -2.44. The maximum absolute atomic E-state index is 6.98. The Hall–Kier alpha value is -2.00. The number of hydrogen-bond donors (Lipinski definition) is 1. The first-order chi connectivity index (χ1) is 13.2. The van der Waals surface area contributed by atoms with Crippen molar-refractivity contribution < 1.29 is 0 Å². The van der Waals surface area contributed by atoms with E-state index in [-0.39, 0.29) is 11.0 Å². The van der Waals surface area contributed by atoms with Crippen LogP contribution in [0.1, 0.15) is 50.8 Å². The summed E-state index contributed by atoms with van der Waals surface area (Å²) in [7, 11) is 9.15. The van der Waals surface area contributed by atoms with Crippen molar-refractivity contribution in [3.8, 4) is 0 Å². The Kier molecular flexibility index (Phi) is 4.50. The molecule has 2 radical (unpaired) electrons. The van der Waals surface area contributed by atoms with E-state index < -0.39 is 5.44 Å². The van der Waals surface area contributed by atoms with Crippen LogP contribution in [0.4, 0.5) is 0 Å². The molecule has 4 rings (SSSR count). The molecule has 2 nitrogen and oxygen atoms in total. The molecule has 1 aliphatic heterocycles. The lowest BCUT2D eigenvalue weighted by atomic mass is 9.57. The molecule has 0 saturated carbocycles. The van der Waals surface area contributed by atoms with Gasteiger partial charge in [0.2, 0.25) is 0 Å². The fraction of sp³-hybridized carbons (Fsp3) is 0.440. The minimum absolute atomic E-state index is 0.0564. The molecule has 28 heavy (non-hydrogen) atoms. The molecule has 0 amide bonds. The third-order valence-electron chi connectivity index (χ3n) is 7.42. The maximum atomic E-state index is 6.98. The van der Waals surface area contributed by atoms with Gasteiger partial charge in [-0.25, -0.2) is 0 Å². The highest BCUT2D eigenvalue weighted by Crippen LogP contribution is 2.53. The van der Waals surface area contributed by atoms with Gasteiger partial charge in [0.25, 0.3) is 0 Å². The van der Waals surface area contributed by atoms with E-state index in [0.717, 1.165) is 19.3 Å². The Labute approximate surface area is 170 Å². The minimum Gasteiger partial charge on any atom is -0.361 e. The first-order valence-corrected chi connectivity index (χ1v) is 10.3. The molecule has 3 heteroatoms. The van der Waals surface area contributed by atoms with Crippen molar-refractivity contribution in [3.05, 3.63) is 71.4 Å². The van der Waals surface area contributed by atoms with Gasteiger partial charge in [0.05, 0.1) is 7.85 Å². The molecule has 1 N–H and O–H groups in total. The molecule has 3 aromatic rings. The highest BCUT2D eigenvalue weighted by Gasteiger charge is 2.57. The fourth-order valence-electron chi connectivity index (χ4n) is 5.36. The first kappa shape index (κ1) is 19.3. The smallest absolute Gasteiger partial charge is 0.0965 e. The molecule has 0 aliphatic carbocycles. The molecule has 2 atom stereocenters. The number of nitrogens with one attached hydrogen (secondary N) is 1. The Morgan fingerprint density at radius 2 is 1.68 bits per heavy atom. The van der Waals surface area contributed by atoms with E-state index in [2.05, 4.69) is 99.4 Å². The minimum atomic E-state index is -0.418. The van der Waals surface area contributed by atoms with Crippen LogP contribution in [-0.4, -0.2) is 35.8 Å². The number of likely N-dealkylation sites (tertiary alicyclic amines) is 1. The van der Waals surface area contributed by atoms with Crippen LogP contribution in [0.5, 0.6) is 0 Å². The van der Waals surface area contributed by atoms with E-state index in [9.17, 15) is 0 Å². The van der Waals surface area contributed by atoms with Crippen LogP contribution >= 0.6 is 0 Å². The summed E-state index contributed by atoms with van der Waals surface area (Å²) in [6.07, 6.45) is 5.32. The second-order valence-corrected chi connectivity index (χ2v) is 9.56. The largest absolute Gasteiger partial charge is 0.361 e. The summed E-state index contributed by atoms with van der Waals surface area (Å²) in [5.41, 5.74) is 4.86. The summed E-state index contributed by atoms with van der Waals surface area (Å²) in [4.78, 5) is 5.89. The Morgan fingerprint density at radius 3 is 2.32 bits per heavy atom. The van der Waals surface area contributed by atoms with Crippen LogP contribution in [-0.2, 0) is 18.3 Å². The average molecular weight is 370 g/mol. The zero-order valence-corrected chi connectivity index (χ0v) is 17.8. The van der Waals surface area contributed by atoms with E-state index in [0.29, 0.717) is 0 Å².